The molecule has 5 rings (SSSR count). The predicted molar refractivity (Wildman–Crippen MR) is 134 cm³/mol. The third kappa shape index (κ3) is 3.68. The van der Waals surface area contributed by atoms with E-state index in [0.29, 0.717) is 23.4 Å². The van der Waals surface area contributed by atoms with Crippen molar-refractivity contribution in [2.45, 2.75) is 53.6 Å². The first kappa shape index (κ1) is 22.3. The molecule has 0 bridgehead atoms. The molecule has 0 saturated heterocycles. The monoisotopic (exact) mass is 474 g/mol. The first-order chi connectivity index (χ1) is 16.4. The van der Waals surface area contributed by atoms with Gasteiger partial charge in [0, 0.05) is 17.8 Å². The quantitative estimate of drug-likeness (QED) is 0.326. The van der Waals surface area contributed by atoms with Crippen LogP contribution in [0.1, 0.15) is 49.1 Å². The van der Waals surface area contributed by atoms with Crippen molar-refractivity contribution in [2.75, 3.05) is 0 Å². The summed E-state index contributed by atoms with van der Waals surface area (Å²) in [6.07, 6.45) is 1.85. The summed E-state index contributed by atoms with van der Waals surface area (Å²) in [5.74, 6) is 0.892. The molecule has 0 aliphatic rings. The molecule has 4 aromatic heterocycles. The SMILES string of the molecule is CCn1c(C)cc(-c2nn[nH]n2)c1-c1ccc(Cn2cnc3c(C)c(C(C)C)c(Cl)nc32)cc1. The van der Waals surface area contributed by atoms with E-state index in [1.54, 1.807) is 0 Å². The molecule has 1 N–H and O–H groups in total. The highest BCUT2D eigenvalue weighted by molar-refractivity contribution is 6.30. The summed E-state index contributed by atoms with van der Waals surface area (Å²) in [6, 6.07) is 10.7. The Hall–Kier alpha value is -3.52. The summed E-state index contributed by atoms with van der Waals surface area (Å²) >= 11 is 6.54. The molecular weight excluding hydrogens is 448 g/mol. The van der Waals surface area contributed by atoms with Crippen molar-refractivity contribution in [3.63, 3.8) is 0 Å². The summed E-state index contributed by atoms with van der Waals surface area (Å²) in [5.41, 5.74) is 9.36. The van der Waals surface area contributed by atoms with Crippen LogP contribution in [-0.4, -0.2) is 39.7 Å². The maximum absolute atomic E-state index is 6.54. The van der Waals surface area contributed by atoms with Crippen LogP contribution in [0.5, 0.6) is 0 Å². The van der Waals surface area contributed by atoms with Gasteiger partial charge in [-0.05, 0) is 60.2 Å². The Morgan fingerprint density at radius 3 is 2.53 bits per heavy atom. The number of pyridine rings is 1. The van der Waals surface area contributed by atoms with Crippen LogP contribution in [-0.2, 0) is 13.1 Å². The van der Waals surface area contributed by atoms with E-state index in [-0.39, 0.29) is 0 Å². The Labute approximate surface area is 203 Å². The number of hydrogen-bond acceptors (Lipinski definition) is 5. The molecule has 0 aliphatic heterocycles. The maximum Gasteiger partial charge on any atom is 0.206 e. The zero-order chi connectivity index (χ0) is 24.0. The van der Waals surface area contributed by atoms with Gasteiger partial charge in [-0.2, -0.15) is 5.21 Å². The smallest absolute Gasteiger partial charge is 0.206 e. The number of hydrogen-bond donors (Lipinski definition) is 1. The first-order valence-corrected chi connectivity index (χ1v) is 11.8. The van der Waals surface area contributed by atoms with Crippen LogP contribution in [0.4, 0.5) is 0 Å². The Bertz CT molecular complexity index is 1460. The van der Waals surface area contributed by atoms with Crippen LogP contribution in [0.15, 0.2) is 36.7 Å². The number of halogens is 1. The molecule has 0 amide bonds. The molecule has 8 nitrogen and oxygen atoms in total. The van der Waals surface area contributed by atoms with E-state index in [2.05, 4.69) is 105 Å². The van der Waals surface area contributed by atoms with Gasteiger partial charge in [0.15, 0.2) is 5.65 Å². The number of aromatic amines is 1. The van der Waals surface area contributed by atoms with Crippen molar-refractivity contribution >= 4 is 22.8 Å². The van der Waals surface area contributed by atoms with E-state index in [1.807, 2.05) is 6.33 Å². The van der Waals surface area contributed by atoms with Gasteiger partial charge >= 0.3 is 0 Å². The van der Waals surface area contributed by atoms with Gasteiger partial charge in [0.2, 0.25) is 5.82 Å². The van der Waals surface area contributed by atoms with Gasteiger partial charge in [0.05, 0.1) is 18.6 Å². The summed E-state index contributed by atoms with van der Waals surface area (Å²) in [7, 11) is 0. The molecule has 34 heavy (non-hydrogen) atoms. The van der Waals surface area contributed by atoms with Crippen LogP contribution < -0.4 is 0 Å². The van der Waals surface area contributed by atoms with Crippen molar-refractivity contribution < 1.29 is 0 Å². The molecule has 5 aromatic rings. The van der Waals surface area contributed by atoms with E-state index in [0.717, 1.165) is 56.9 Å². The van der Waals surface area contributed by atoms with Crippen LogP contribution in [0.25, 0.3) is 33.8 Å². The second-order valence-corrected chi connectivity index (χ2v) is 9.22. The number of rotatable bonds is 6. The molecule has 0 spiro atoms. The average molecular weight is 475 g/mol. The minimum Gasteiger partial charge on any atom is -0.345 e. The highest BCUT2D eigenvalue weighted by atomic mass is 35.5. The fraction of sp³-hybridized carbons (Fsp3) is 0.320. The van der Waals surface area contributed by atoms with Gasteiger partial charge in [-0.1, -0.05) is 49.7 Å². The summed E-state index contributed by atoms with van der Waals surface area (Å²) in [4.78, 5) is 9.33. The Morgan fingerprint density at radius 2 is 1.88 bits per heavy atom. The molecule has 0 fully saturated rings. The van der Waals surface area contributed by atoms with Crippen LogP contribution in [0, 0.1) is 13.8 Å². The number of imidazole rings is 1. The van der Waals surface area contributed by atoms with Crippen molar-refractivity contribution in [3.8, 4) is 22.6 Å². The maximum atomic E-state index is 6.54. The Morgan fingerprint density at radius 1 is 1.12 bits per heavy atom. The molecule has 0 radical (unpaired) electrons. The lowest BCUT2D eigenvalue weighted by atomic mass is 10.00. The van der Waals surface area contributed by atoms with Crippen molar-refractivity contribution in [3.05, 3.63) is 64.2 Å². The van der Waals surface area contributed by atoms with Gasteiger partial charge < -0.3 is 9.13 Å². The van der Waals surface area contributed by atoms with Gasteiger partial charge in [-0.15, -0.1) is 10.2 Å². The number of aromatic nitrogens is 8. The molecule has 0 unspecified atom stereocenters. The normalized spacial score (nSPS) is 11.7. The van der Waals surface area contributed by atoms with Crippen LogP contribution in [0.3, 0.4) is 0 Å². The predicted octanol–water partition coefficient (Wildman–Crippen LogP) is 5.54. The molecule has 0 atom stereocenters. The second kappa shape index (κ2) is 8.68. The van der Waals surface area contributed by atoms with Crippen molar-refractivity contribution in [2.24, 2.45) is 0 Å². The fourth-order valence-electron chi connectivity index (χ4n) is 4.79. The number of benzene rings is 1. The number of nitrogens with one attached hydrogen (secondary N) is 1. The standard InChI is InChI=1S/C25H27ClN8/c1-6-34-15(4)11-19(24-29-31-32-30-24)22(34)18-9-7-17(8-10-18)12-33-13-27-21-16(5)20(14(2)3)23(26)28-25(21)33/h7-11,13-14H,6,12H2,1-5H3,(H,29,30,31,32). The van der Waals surface area contributed by atoms with Crippen molar-refractivity contribution in [1.82, 2.24) is 39.7 Å². The highest BCUT2D eigenvalue weighted by Gasteiger charge is 2.19. The Kier molecular flexibility index (Phi) is 5.69. The van der Waals surface area contributed by atoms with Crippen LogP contribution >= 0.6 is 11.6 Å². The van der Waals surface area contributed by atoms with Crippen LogP contribution in [0.2, 0.25) is 5.15 Å². The number of tetrazole rings is 1. The van der Waals surface area contributed by atoms with E-state index in [1.165, 1.54) is 0 Å². The Balaban J connectivity index is 1.50. The van der Waals surface area contributed by atoms with E-state index < -0.39 is 0 Å². The molecule has 0 aliphatic carbocycles. The molecule has 9 heteroatoms. The number of H-pyrrole nitrogens is 1. The third-order valence-corrected chi connectivity index (χ3v) is 6.65. The molecule has 4 heterocycles. The van der Waals surface area contributed by atoms with Gasteiger partial charge in [-0.25, -0.2) is 9.97 Å². The molecular formula is C25H27ClN8. The lowest BCUT2D eigenvalue weighted by Gasteiger charge is -2.13. The van der Waals surface area contributed by atoms with E-state index in [4.69, 9.17) is 11.6 Å². The molecule has 1 aromatic carbocycles. The van der Waals surface area contributed by atoms with E-state index >= 15 is 0 Å². The average Bonchev–Trinajstić information content (AvgIpc) is 3.53. The zero-order valence-electron chi connectivity index (χ0n) is 20.0. The van der Waals surface area contributed by atoms with Gasteiger partial charge in [0.25, 0.3) is 0 Å². The minimum atomic E-state index is 0.296. The fourth-order valence-corrected chi connectivity index (χ4v) is 5.23. The summed E-state index contributed by atoms with van der Waals surface area (Å²) < 4.78 is 4.32. The summed E-state index contributed by atoms with van der Waals surface area (Å²) in [6.45, 7) is 12.1. The number of nitrogens with zero attached hydrogens (tertiary/aromatic N) is 7. The number of aryl methyl sites for hydroxylation is 2. The second-order valence-electron chi connectivity index (χ2n) is 8.87. The topological polar surface area (TPSA) is 90.1 Å². The number of fused-ring (bicyclic) bond motifs is 1. The van der Waals surface area contributed by atoms with Crippen molar-refractivity contribution in [1.29, 1.82) is 0 Å². The van der Waals surface area contributed by atoms with Gasteiger partial charge in [-0.3, -0.25) is 0 Å². The molecule has 174 valence electrons. The minimum absolute atomic E-state index is 0.296. The zero-order valence-corrected chi connectivity index (χ0v) is 20.7. The lowest BCUT2D eigenvalue weighted by molar-refractivity contribution is 0.750. The lowest BCUT2D eigenvalue weighted by Crippen LogP contribution is -2.03. The third-order valence-electron chi connectivity index (χ3n) is 6.36. The summed E-state index contributed by atoms with van der Waals surface area (Å²) in [5, 5.41) is 15.3. The molecule has 0 saturated carbocycles. The largest absolute Gasteiger partial charge is 0.345 e. The first-order valence-electron chi connectivity index (χ1n) is 11.4. The highest BCUT2D eigenvalue weighted by Crippen LogP contribution is 2.34. The van der Waals surface area contributed by atoms with E-state index in [9.17, 15) is 0 Å². The van der Waals surface area contributed by atoms with Gasteiger partial charge in [0.1, 0.15) is 10.7 Å².